The summed E-state index contributed by atoms with van der Waals surface area (Å²) in [6.45, 7) is 3.96. The molecule has 3 rings (SSSR count). The first-order valence-electron chi connectivity index (χ1n) is 10.4. The van der Waals surface area contributed by atoms with Crippen molar-refractivity contribution in [2.24, 2.45) is 17.6 Å². The van der Waals surface area contributed by atoms with Crippen molar-refractivity contribution in [2.45, 2.75) is 39.2 Å². The van der Waals surface area contributed by atoms with Crippen LogP contribution in [0.25, 0.3) is 0 Å². The van der Waals surface area contributed by atoms with Crippen LogP contribution < -0.4 is 16.0 Å². The number of hydrogen-bond donors (Lipinski definition) is 2. The molecule has 1 unspecified atom stereocenters. The lowest BCUT2D eigenvalue weighted by Crippen LogP contribution is -2.41. The summed E-state index contributed by atoms with van der Waals surface area (Å²) in [7, 11) is 0. The lowest BCUT2D eigenvalue weighted by Gasteiger charge is -2.34. The van der Waals surface area contributed by atoms with Gasteiger partial charge in [-0.3, -0.25) is 9.59 Å². The summed E-state index contributed by atoms with van der Waals surface area (Å²) in [6.07, 6.45) is 1.18. The molecule has 0 aliphatic carbocycles. The Bertz CT molecular complexity index is 1010. The smallest absolute Gasteiger partial charge is 0.241 e. The number of nitrogens with zero attached hydrogens (tertiary/aromatic N) is 1. The molecule has 172 valence electrons. The monoisotopic (exact) mass is 483 g/mol. The second kappa shape index (κ2) is 10.1. The van der Waals surface area contributed by atoms with Crippen LogP contribution >= 0.6 is 23.2 Å². The lowest BCUT2D eigenvalue weighted by atomic mass is 9.90. The first-order chi connectivity index (χ1) is 15.1. The molecule has 0 spiro atoms. The zero-order valence-electron chi connectivity index (χ0n) is 17.8. The Morgan fingerprint density at radius 1 is 1.22 bits per heavy atom. The predicted octanol–water partition coefficient (Wildman–Crippen LogP) is 5.18. The summed E-state index contributed by atoms with van der Waals surface area (Å²) >= 11 is 12.9. The van der Waals surface area contributed by atoms with Crippen LogP contribution in [-0.4, -0.2) is 24.4 Å². The maximum Gasteiger partial charge on any atom is 0.241 e. The minimum Gasteiger partial charge on any atom is -0.325 e. The van der Waals surface area contributed by atoms with Gasteiger partial charge in [0.1, 0.15) is 11.6 Å². The van der Waals surface area contributed by atoms with Crippen LogP contribution in [0.3, 0.4) is 0 Å². The molecule has 1 aliphatic heterocycles. The molecule has 0 radical (unpaired) electrons. The van der Waals surface area contributed by atoms with E-state index in [1.165, 1.54) is 29.2 Å². The number of amides is 2. The Morgan fingerprint density at radius 3 is 2.47 bits per heavy atom. The molecule has 32 heavy (non-hydrogen) atoms. The molecular weight excluding hydrogens is 459 g/mol. The zero-order valence-corrected chi connectivity index (χ0v) is 19.3. The summed E-state index contributed by atoms with van der Waals surface area (Å²) in [4.78, 5) is 26.4. The van der Waals surface area contributed by atoms with Crippen LogP contribution in [0.2, 0.25) is 10.0 Å². The van der Waals surface area contributed by atoms with E-state index in [1.807, 2.05) is 13.8 Å². The SMILES string of the molecule is CC(C)[C@H](N)C(=O)Nc1cc(Cl)c(N2CC(Cc3ccc(F)cc3F)CCC2=O)c(Cl)c1. The van der Waals surface area contributed by atoms with Gasteiger partial charge in [-0.05, 0) is 48.4 Å². The van der Waals surface area contributed by atoms with Crippen LogP contribution in [0.4, 0.5) is 20.2 Å². The number of hydrogen-bond acceptors (Lipinski definition) is 3. The fourth-order valence-electron chi connectivity index (χ4n) is 3.72. The van der Waals surface area contributed by atoms with Gasteiger partial charge in [-0.15, -0.1) is 0 Å². The summed E-state index contributed by atoms with van der Waals surface area (Å²) in [5.41, 5.74) is 6.97. The number of benzene rings is 2. The fourth-order valence-corrected chi connectivity index (χ4v) is 4.41. The number of nitrogens with one attached hydrogen (secondary N) is 1. The molecule has 9 heteroatoms. The van der Waals surface area contributed by atoms with E-state index < -0.39 is 17.7 Å². The number of anilines is 2. The number of rotatable bonds is 6. The third kappa shape index (κ3) is 5.57. The molecule has 1 saturated heterocycles. The van der Waals surface area contributed by atoms with Gasteiger partial charge in [0.25, 0.3) is 0 Å². The lowest BCUT2D eigenvalue weighted by molar-refractivity contribution is -0.120. The Morgan fingerprint density at radius 2 is 1.88 bits per heavy atom. The number of carbonyl (C=O) groups excluding carboxylic acids is 2. The number of halogens is 4. The van der Waals surface area contributed by atoms with E-state index in [-0.39, 0.29) is 40.1 Å². The average Bonchev–Trinajstić information content (AvgIpc) is 2.71. The predicted molar refractivity (Wildman–Crippen MR) is 123 cm³/mol. The molecule has 3 N–H and O–H groups in total. The van der Waals surface area contributed by atoms with Crippen molar-refractivity contribution in [2.75, 3.05) is 16.8 Å². The van der Waals surface area contributed by atoms with Gasteiger partial charge in [-0.1, -0.05) is 43.1 Å². The molecule has 2 atom stereocenters. The number of carbonyl (C=O) groups is 2. The standard InChI is InChI=1S/C23H25Cl2F2N3O2/c1-12(2)21(28)23(32)29-16-9-17(24)22(18(25)10-16)30-11-13(3-6-20(30)31)7-14-4-5-15(26)8-19(14)27/h4-5,8-10,12-13,21H,3,6-7,11,28H2,1-2H3,(H,29,32)/t13?,21-/m0/s1. The van der Waals surface area contributed by atoms with Crippen LogP contribution in [0.1, 0.15) is 32.3 Å². The normalized spacial score (nSPS) is 17.6. The highest BCUT2D eigenvalue weighted by atomic mass is 35.5. The highest BCUT2D eigenvalue weighted by Crippen LogP contribution is 2.39. The van der Waals surface area contributed by atoms with E-state index in [0.717, 1.165) is 6.07 Å². The molecule has 5 nitrogen and oxygen atoms in total. The van der Waals surface area contributed by atoms with Gasteiger partial charge in [-0.2, -0.15) is 0 Å². The largest absolute Gasteiger partial charge is 0.325 e. The van der Waals surface area contributed by atoms with E-state index >= 15 is 0 Å². The van der Waals surface area contributed by atoms with Crippen LogP contribution in [0, 0.1) is 23.5 Å². The topological polar surface area (TPSA) is 75.4 Å². The molecular formula is C23H25Cl2F2N3O2. The second-order valence-electron chi connectivity index (χ2n) is 8.40. The molecule has 2 aromatic rings. The molecule has 1 aliphatic rings. The molecule has 2 aromatic carbocycles. The van der Waals surface area contributed by atoms with E-state index in [2.05, 4.69) is 5.32 Å². The van der Waals surface area contributed by atoms with Gasteiger partial charge in [0.05, 0.1) is 21.8 Å². The molecule has 1 fully saturated rings. The van der Waals surface area contributed by atoms with Gasteiger partial charge >= 0.3 is 0 Å². The zero-order chi connectivity index (χ0) is 23.6. The quantitative estimate of drug-likeness (QED) is 0.594. The van der Waals surface area contributed by atoms with Gasteiger partial charge in [0, 0.05) is 24.7 Å². The van der Waals surface area contributed by atoms with Crippen molar-refractivity contribution in [3.63, 3.8) is 0 Å². The molecule has 2 amide bonds. The van der Waals surface area contributed by atoms with Crippen molar-refractivity contribution >= 4 is 46.4 Å². The molecule has 0 aromatic heterocycles. The summed E-state index contributed by atoms with van der Waals surface area (Å²) in [5, 5.41) is 3.09. The minimum atomic E-state index is -0.691. The highest BCUT2D eigenvalue weighted by Gasteiger charge is 2.30. The van der Waals surface area contributed by atoms with Gasteiger partial charge in [0.15, 0.2) is 0 Å². The van der Waals surface area contributed by atoms with Crippen LogP contribution in [-0.2, 0) is 16.0 Å². The fraction of sp³-hybridized carbons (Fsp3) is 0.391. The number of nitrogens with two attached hydrogens (primary N) is 1. The molecule has 0 bridgehead atoms. The third-order valence-corrected chi connectivity index (χ3v) is 6.18. The Balaban J connectivity index is 1.79. The molecule has 1 heterocycles. The second-order valence-corrected chi connectivity index (χ2v) is 9.21. The van der Waals surface area contributed by atoms with Crippen LogP contribution in [0.5, 0.6) is 0 Å². The number of piperidine rings is 1. The van der Waals surface area contributed by atoms with Crippen LogP contribution in [0.15, 0.2) is 30.3 Å². The van der Waals surface area contributed by atoms with Crippen molar-refractivity contribution in [3.05, 3.63) is 57.6 Å². The Hall–Kier alpha value is -2.22. The van der Waals surface area contributed by atoms with Crippen molar-refractivity contribution < 1.29 is 18.4 Å². The summed E-state index contributed by atoms with van der Waals surface area (Å²) in [5.74, 6) is -1.85. The summed E-state index contributed by atoms with van der Waals surface area (Å²) < 4.78 is 27.3. The van der Waals surface area contributed by atoms with Gasteiger partial charge < -0.3 is 16.0 Å². The first-order valence-corrected chi connectivity index (χ1v) is 11.1. The highest BCUT2D eigenvalue weighted by molar-refractivity contribution is 6.40. The van der Waals surface area contributed by atoms with Crippen molar-refractivity contribution in [1.82, 2.24) is 0 Å². The molecule has 0 saturated carbocycles. The van der Waals surface area contributed by atoms with Gasteiger partial charge in [-0.25, -0.2) is 8.78 Å². The van der Waals surface area contributed by atoms with E-state index in [1.54, 1.807) is 0 Å². The van der Waals surface area contributed by atoms with Gasteiger partial charge in [0.2, 0.25) is 11.8 Å². The Kier molecular flexibility index (Phi) is 7.75. The first kappa shape index (κ1) is 24.4. The van der Waals surface area contributed by atoms with Crippen molar-refractivity contribution in [1.29, 1.82) is 0 Å². The van der Waals surface area contributed by atoms with E-state index in [4.69, 9.17) is 28.9 Å². The van der Waals surface area contributed by atoms with E-state index in [0.29, 0.717) is 36.3 Å². The third-order valence-electron chi connectivity index (χ3n) is 5.61. The maximum absolute atomic E-state index is 14.1. The average molecular weight is 484 g/mol. The Labute approximate surface area is 195 Å². The maximum atomic E-state index is 14.1. The van der Waals surface area contributed by atoms with E-state index in [9.17, 15) is 18.4 Å². The minimum absolute atomic E-state index is 0.0472. The van der Waals surface area contributed by atoms with Crippen molar-refractivity contribution in [3.8, 4) is 0 Å². The summed E-state index contributed by atoms with van der Waals surface area (Å²) in [6, 6.07) is 5.84.